The van der Waals surface area contributed by atoms with Crippen molar-refractivity contribution in [2.24, 2.45) is 0 Å². The zero-order valence-corrected chi connectivity index (χ0v) is 12.8. The second-order valence-electron chi connectivity index (χ2n) is 4.05. The third-order valence-corrected chi connectivity index (χ3v) is 3.99. The van der Waals surface area contributed by atoms with Gasteiger partial charge in [0.15, 0.2) is 5.03 Å². The highest BCUT2D eigenvalue weighted by Crippen LogP contribution is 2.31. The van der Waals surface area contributed by atoms with E-state index in [1.807, 2.05) is 25.1 Å². The van der Waals surface area contributed by atoms with Gasteiger partial charge in [-0.2, -0.15) is 4.98 Å². The summed E-state index contributed by atoms with van der Waals surface area (Å²) in [5.74, 6) is 0.882. The molecule has 0 aliphatic carbocycles. The Morgan fingerprint density at radius 1 is 1.43 bits per heavy atom. The molecule has 0 atom stereocenters. The lowest BCUT2D eigenvalue weighted by Crippen LogP contribution is -2.04. The fourth-order valence-corrected chi connectivity index (χ4v) is 2.85. The van der Waals surface area contributed by atoms with Crippen LogP contribution in [0.1, 0.15) is 12.5 Å². The molecule has 0 fully saturated rings. The first-order valence-electron chi connectivity index (χ1n) is 6.23. The summed E-state index contributed by atoms with van der Waals surface area (Å²) in [6, 6.07) is 7.39. The number of hydrogen-bond donors (Lipinski definition) is 1. The normalized spacial score (nSPS) is 10.4. The van der Waals surface area contributed by atoms with Crippen LogP contribution in [0.2, 0.25) is 5.02 Å². The molecule has 21 heavy (non-hydrogen) atoms. The fraction of sp³-hybridized carbons (Fsp3) is 0.231. The van der Waals surface area contributed by atoms with Crippen LogP contribution >= 0.6 is 23.4 Å². The van der Waals surface area contributed by atoms with E-state index in [2.05, 4.69) is 15.3 Å². The predicted octanol–water partition coefficient (Wildman–Crippen LogP) is 3.76. The number of aromatic nitrogens is 2. The molecule has 0 saturated heterocycles. The molecular formula is C13H13ClN4O2S. The lowest BCUT2D eigenvalue weighted by molar-refractivity contribution is -0.388. The molecule has 1 aromatic carbocycles. The van der Waals surface area contributed by atoms with Gasteiger partial charge in [-0.15, -0.1) is 0 Å². The average Bonchev–Trinajstić information content (AvgIpc) is 2.46. The average molecular weight is 325 g/mol. The van der Waals surface area contributed by atoms with E-state index >= 15 is 0 Å². The number of nitrogens with zero attached hydrogens (tertiary/aromatic N) is 3. The van der Waals surface area contributed by atoms with E-state index in [1.165, 1.54) is 18.0 Å². The van der Waals surface area contributed by atoms with E-state index in [9.17, 15) is 10.1 Å². The second kappa shape index (κ2) is 7.24. The Morgan fingerprint density at radius 3 is 2.86 bits per heavy atom. The summed E-state index contributed by atoms with van der Waals surface area (Å²) in [4.78, 5) is 18.7. The maximum atomic E-state index is 11.0. The Kier molecular flexibility index (Phi) is 5.35. The van der Waals surface area contributed by atoms with Crippen LogP contribution in [-0.2, 0) is 5.75 Å². The molecule has 6 nitrogen and oxygen atoms in total. The highest BCUT2D eigenvalue weighted by atomic mass is 35.5. The smallest absolute Gasteiger partial charge is 0.319 e. The van der Waals surface area contributed by atoms with Gasteiger partial charge >= 0.3 is 5.69 Å². The molecule has 0 spiro atoms. The predicted molar refractivity (Wildman–Crippen MR) is 83.9 cm³/mol. The van der Waals surface area contributed by atoms with Crippen LogP contribution in [0.5, 0.6) is 0 Å². The first kappa shape index (κ1) is 15.5. The molecule has 1 aromatic heterocycles. The van der Waals surface area contributed by atoms with E-state index in [-0.39, 0.29) is 5.69 Å². The monoisotopic (exact) mass is 324 g/mol. The number of halogens is 1. The topological polar surface area (TPSA) is 81.0 Å². The van der Waals surface area contributed by atoms with Crippen LogP contribution in [0, 0.1) is 10.1 Å². The van der Waals surface area contributed by atoms with Gasteiger partial charge in [-0.3, -0.25) is 10.1 Å². The lowest BCUT2D eigenvalue weighted by atomic mass is 10.2. The SMILES string of the molecule is CCNc1ncc([N+](=O)[O-])c(SCc2ccccc2Cl)n1. The number of thioether (sulfide) groups is 1. The minimum absolute atomic E-state index is 0.103. The van der Waals surface area contributed by atoms with Crippen molar-refractivity contribution in [1.82, 2.24) is 9.97 Å². The Labute approximate surface area is 131 Å². The Balaban J connectivity index is 2.22. The number of nitro groups is 1. The van der Waals surface area contributed by atoms with Crippen molar-refractivity contribution in [2.75, 3.05) is 11.9 Å². The largest absolute Gasteiger partial charge is 0.354 e. The molecule has 0 saturated carbocycles. The van der Waals surface area contributed by atoms with Crippen LogP contribution < -0.4 is 5.32 Å². The molecule has 0 aliphatic rings. The zero-order valence-electron chi connectivity index (χ0n) is 11.2. The quantitative estimate of drug-likeness (QED) is 0.377. The van der Waals surface area contributed by atoms with Crippen molar-refractivity contribution < 1.29 is 4.92 Å². The van der Waals surface area contributed by atoms with Crippen molar-refractivity contribution >= 4 is 35.0 Å². The molecule has 0 unspecified atom stereocenters. The minimum Gasteiger partial charge on any atom is -0.354 e. The van der Waals surface area contributed by atoms with Gasteiger partial charge in [0, 0.05) is 17.3 Å². The van der Waals surface area contributed by atoms with E-state index in [1.54, 1.807) is 6.07 Å². The summed E-state index contributed by atoms with van der Waals surface area (Å²) in [5.41, 5.74) is 0.802. The maximum Gasteiger partial charge on any atom is 0.319 e. The molecular weight excluding hydrogens is 312 g/mol. The van der Waals surface area contributed by atoms with Crippen LogP contribution in [-0.4, -0.2) is 21.4 Å². The van der Waals surface area contributed by atoms with Gasteiger partial charge in [-0.05, 0) is 18.6 Å². The molecule has 0 aliphatic heterocycles. The van der Waals surface area contributed by atoms with Crippen LogP contribution in [0.15, 0.2) is 35.5 Å². The molecule has 0 amide bonds. The number of rotatable bonds is 6. The van der Waals surface area contributed by atoms with Crippen molar-refractivity contribution in [3.8, 4) is 0 Å². The number of anilines is 1. The van der Waals surface area contributed by atoms with E-state index in [4.69, 9.17) is 11.6 Å². The minimum atomic E-state index is -0.481. The van der Waals surface area contributed by atoms with Gasteiger partial charge in [0.2, 0.25) is 5.95 Å². The van der Waals surface area contributed by atoms with Crippen LogP contribution in [0.4, 0.5) is 11.6 Å². The Bertz CT molecular complexity index is 654. The molecule has 1 N–H and O–H groups in total. The Morgan fingerprint density at radius 2 is 2.19 bits per heavy atom. The lowest BCUT2D eigenvalue weighted by Gasteiger charge is -2.06. The van der Waals surface area contributed by atoms with Crippen molar-refractivity contribution in [2.45, 2.75) is 17.7 Å². The number of nitrogens with one attached hydrogen (secondary N) is 1. The zero-order chi connectivity index (χ0) is 15.2. The van der Waals surface area contributed by atoms with Gasteiger partial charge in [0.25, 0.3) is 0 Å². The number of benzene rings is 1. The van der Waals surface area contributed by atoms with Gasteiger partial charge in [0.1, 0.15) is 6.20 Å². The van der Waals surface area contributed by atoms with E-state index < -0.39 is 4.92 Å². The third kappa shape index (κ3) is 4.05. The van der Waals surface area contributed by atoms with Crippen molar-refractivity contribution in [1.29, 1.82) is 0 Å². The summed E-state index contributed by atoms with van der Waals surface area (Å²) >= 11 is 7.35. The first-order chi connectivity index (χ1) is 10.1. The molecule has 2 rings (SSSR count). The van der Waals surface area contributed by atoms with Gasteiger partial charge in [0.05, 0.1) is 4.92 Å². The number of hydrogen-bond acceptors (Lipinski definition) is 6. The summed E-state index contributed by atoms with van der Waals surface area (Å²) < 4.78 is 0. The summed E-state index contributed by atoms with van der Waals surface area (Å²) in [7, 11) is 0. The molecule has 8 heteroatoms. The van der Waals surface area contributed by atoms with Crippen molar-refractivity contribution in [3.63, 3.8) is 0 Å². The van der Waals surface area contributed by atoms with E-state index in [0.29, 0.717) is 28.3 Å². The standard InChI is InChI=1S/C13H13ClN4O2S/c1-2-15-13-16-7-11(18(19)20)12(17-13)21-8-9-5-3-4-6-10(9)14/h3-7H,2,8H2,1H3,(H,15,16,17). The maximum absolute atomic E-state index is 11.0. The highest BCUT2D eigenvalue weighted by Gasteiger charge is 2.18. The summed E-state index contributed by atoms with van der Waals surface area (Å²) in [6.07, 6.45) is 1.22. The van der Waals surface area contributed by atoms with Gasteiger partial charge in [-0.1, -0.05) is 41.6 Å². The van der Waals surface area contributed by atoms with Crippen molar-refractivity contribution in [3.05, 3.63) is 51.2 Å². The summed E-state index contributed by atoms with van der Waals surface area (Å²) in [5, 5.41) is 14.9. The summed E-state index contributed by atoms with van der Waals surface area (Å²) in [6.45, 7) is 2.55. The van der Waals surface area contributed by atoms with Gasteiger partial charge in [-0.25, -0.2) is 4.98 Å². The fourth-order valence-electron chi connectivity index (χ4n) is 1.60. The highest BCUT2D eigenvalue weighted by molar-refractivity contribution is 7.98. The van der Waals surface area contributed by atoms with E-state index in [0.717, 1.165) is 5.56 Å². The Hall–Kier alpha value is -1.86. The first-order valence-corrected chi connectivity index (χ1v) is 7.59. The van der Waals surface area contributed by atoms with Crippen LogP contribution in [0.25, 0.3) is 0 Å². The van der Waals surface area contributed by atoms with Crippen LogP contribution in [0.3, 0.4) is 0 Å². The molecule has 110 valence electrons. The molecule has 0 bridgehead atoms. The molecule has 1 heterocycles. The third-order valence-electron chi connectivity index (χ3n) is 2.59. The second-order valence-corrected chi connectivity index (χ2v) is 5.42. The molecule has 2 aromatic rings. The molecule has 0 radical (unpaired) electrons. The van der Waals surface area contributed by atoms with Gasteiger partial charge < -0.3 is 5.32 Å².